The highest BCUT2D eigenvalue weighted by atomic mass is 19.4. The second kappa shape index (κ2) is 7.99. The summed E-state index contributed by atoms with van der Waals surface area (Å²) in [6.07, 6.45) is -1.47. The molecule has 2 aliphatic rings. The maximum absolute atomic E-state index is 12.9. The third-order valence-corrected chi connectivity index (χ3v) is 6.06. The van der Waals surface area contributed by atoms with Crippen LogP contribution < -0.4 is 0 Å². The van der Waals surface area contributed by atoms with E-state index in [2.05, 4.69) is 5.10 Å². The first kappa shape index (κ1) is 21.4. The Morgan fingerprint density at radius 2 is 1.87 bits per heavy atom. The number of benzene rings is 1. The highest BCUT2D eigenvalue weighted by Gasteiger charge is 2.43. The molecule has 1 aromatic carbocycles. The van der Waals surface area contributed by atoms with Crippen molar-refractivity contribution in [3.05, 3.63) is 52.8 Å². The lowest BCUT2D eigenvalue weighted by molar-refractivity contribution is -0.138. The first-order valence-corrected chi connectivity index (χ1v) is 9.98. The van der Waals surface area contributed by atoms with Crippen LogP contribution in [0.25, 0.3) is 0 Å². The molecule has 7 nitrogen and oxygen atoms in total. The van der Waals surface area contributed by atoms with Crippen molar-refractivity contribution >= 4 is 12.0 Å². The van der Waals surface area contributed by atoms with Crippen LogP contribution in [0.5, 0.6) is 0 Å². The highest BCUT2D eigenvalue weighted by Crippen LogP contribution is 2.40. The molecular formula is C21H22F3N3O4. The molecule has 1 amide bonds. The second-order valence-electron chi connectivity index (χ2n) is 8.21. The molecule has 1 saturated heterocycles. The number of hydrogen-bond donors (Lipinski definition) is 1. The smallest absolute Gasteiger partial charge is 0.416 e. The maximum Gasteiger partial charge on any atom is 0.416 e. The molecular weight excluding hydrogens is 415 g/mol. The van der Waals surface area contributed by atoms with E-state index in [0.717, 1.165) is 23.6 Å². The van der Waals surface area contributed by atoms with E-state index in [1.165, 1.54) is 31.3 Å². The van der Waals surface area contributed by atoms with Gasteiger partial charge in [0, 0.05) is 19.3 Å². The van der Waals surface area contributed by atoms with Gasteiger partial charge in [-0.1, -0.05) is 12.1 Å². The van der Waals surface area contributed by atoms with Gasteiger partial charge in [-0.15, -0.1) is 0 Å². The van der Waals surface area contributed by atoms with Gasteiger partial charge in [-0.3, -0.25) is 0 Å². The number of amides is 1. The van der Waals surface area contributed by atoms with E-state index < -0.39 is 17.7 Å². The van der Waals surface area contributed by atoms with Crippen molar-refractivity contribution in [3.63, 3.8) is 0 Å². The van der Waals surface area contributed by atoms with Gasteiger partial charge in [0.1, 0.15) is 0 Å². The Kier molecular flexibility index (Phi) is 5.50. The topological polar surface area (TPSA) is 84.7 Å². The molecule has 3 atom stereocenters. The summed E-state index contributed by atoms with van der Waals surface area (Å²) >= 11 is 0. The summed E-state index contributed by atoms with van der Waals surface area (Å²) in [5.41, 5.74) is 0.0618. The minimum absolute atomic E-state index is 0.00170. The van der Waals surface area contributed by atoms with Crippen LogP contribution in [0.3, 0.4) is 0 Å². The van der Waals surface area contributed by atoms with Gasteiger partial charge < -0.3 is 14.7 Å². The zero-order valence-corrected chi connectivity index (χ0v) is 16.8. The van der Waals surface area contributed by atoms with Gasteiger partial charge in [-0.25, -0.2) is 9.59 Å². The number of rotatable bonds is 4. The van der Waals surface area contributed by atoms with Gasteiger partial charge in [0.15, 0.2) is 5.69 Å². The monoisotopic (exact) mass is 437 g/mol. The number of halogens is 3. The first-order valence-electron chi connectivity index (χ1n) is 9.98. The van der Waals surface area contributed by atoms with Crippen LogP contribution in [-0.2, 0) is 17.5 Å². The lowest BCUT2D eigenvalue weighted by atomic mass is 10.0. The number of ether oxygens (including phenoxy) is 1. The van der Waals surface area contributed by atoms with Crippen molar-refractivity contribution in [1.82, 2.24) is 14.7 Å². The van der Waals surface area contributed by atoms with Crippen LogP contribution in [0.4, 0.5) is 18.0 Å². The molecule has 10 heteroatoms. The summed E-state index contributed by atoms with van der Waals surface area (Å²) in [5.74, 6) is -0.635. The maximum atomic E-state index is 12.9. The third kappa shape index (κ3) is 4.43. The quantitative estimate of drug-likeness (QED) is 0.787. The fraction of sp³-hybridized carbons (Fsp3) is 0.476. The van der Waals surface area contributed by atoms with Crippen molar-refractivity contribution in [2.45, 2.75) is 38.7 Å². The summed E-state index contributed by atoms with van der Waals surface area (Å²) in [7, 11) is 0. The Bertz CT molecular complexity index is 990. The molecule has 166 valence electrons. The molecule has 1 saturated carbocycles. The molecule has 1 aliphatic carbocycles. The number of nitrogens with zero attached hydrogens (tertiary/aromatic N) is 3. The number of carbonyl (C=O) groups is 2. The van der Waals surface area contributed by atoms with Crippen LogP contribution in [-0.4, -0.2) is 51.0 Å². The molecule has 2 fully saturated rings. The predicted molar refractivity (Wildman–Crippen MR) is 103 cm³/mol. The number of likely N-dealkylation sites (tertiary alicyclic amines) is 1. The van der Waals surface area contributed by atoms with E-state index in [9.17, 15) is 22.8 Å². The van der Waals surface area contributed by atoms with Crippen molar-refractivity contribution < 1.29 is 32.6 Å². The molecule has 0 bridgehead atoms. The number of fused-ring (bicyclic) bond motifs is 1. The van der Waals surface area contributed by atoms with Gasteiger partial charge in [0.05, 0.1) is 18.3 Å². The number of alkyl halides is 3. The van der Waals surface area contributed by atoms with Crippen LogP contribution in [0.15, 0.2) is 30.5 Å². The lowest BCUT2D eigenvalue weighted by Gasteiger charge is -2.19. The summed E-state index contributed by atoms with van der Waals surface area (Å²) < 4.78 is 45.7. The van der Waals surface area contributed by atoms with Crippen molar-refractivity contribution in [2.24, 2.45) is 11.8 Å². The SMILES string of the molecule is Cc1cc(COC2CC3CN(C(=O)n4ccc(C(=O)O)n4)C[C@H]3C2)ccc1C(F)(F)F. The van der Waals surface area contributed by atoms with E-state index >= 15 is 0 Å². The number of carbonyl (C=O) groups excluding carboxylic acids is 1. The predicted octanol–water partition coefficient (Wildman–Crippen LogP) is 3.80. The molecule has 1 aliphatic heterocycles. The Labute approximate surface area is 176 Å². The van der Waals surface area contributed by atoms with Gasteiger partial charge >= 0.3 is 18.2 Å². The molecule has 2 heterocycles. The van der Waals surface area contributed by atoms with Gasteiger partial charge in [-0.2, -0.15) is 23.0 Å². The van der Waals surface area contributed by atoms with Crippen LogP contribution in [0.2, 0.25) is 0 Å². The fourth-order valence-corrected chi connectivity index (χ4v) is 4.57. The summed E-state index contributed by atoms with van der Waals surface area (Å²) in [6.45, 7) is 2.78. The van der Waals surface area contributed by atoms with Gasteiger partial charge in [0.2, 0.25) is 0 Å². The lowest BCUT2D eigenvalue weighted by Crippen LogP contribution is -2.34. The minimum Gasteiger partial charge on any atom is -0.476 e. The van der Waals surface area contributed by atoms with Crippen LogP contribution in [0, 0.1) is 18.8 Å². The summed E-state index contributed by atoms with van der Waals surface area (Å²) in [6, 6.07) is 4.98. The second-order valence-corrected chi connectivity index (χ2v) is 8.21. The van der Waals surface area contributed by atoms with Crippen molar-refractivity contribution in [2.75, 3.05) is 13.1 Å². The number of hydrogen-bond acceptors (Lipinski definition) is 4. The Morgan fingerprint density at radius 3 is 2.42 bits per heavy atom. The normalized spacial score (nSPS) is 23.2. The van der Waals surface area contributed by atoms with Crippen LogP contribution >= 0.6 is 0 Å². The van der Waals surface area contributed by atoms with E-state index in [-0.39, 0.29) is 41.8 Å². The zero-order chi connectivity index (χ0) is 22.3. The standard InChI is InChI=1S/C21H22F3N3O4/c1-12-6-13(2-3-17(12)21(22,23)24)11-31-16-7-14-9-26(10-15(14)8-16)20(30)27-5-4-18(25-27)19(28)29/h2-6,14-16H,7-11H2,1H3,(H,28,29)/t14-,15?,16?/m1/s1. The van der Waals surface area contributed by atoms with E-state index in [0.29, 0.717) is 18.7 Å². The largest absolute Gasteiger partial charge is 0.476 e. The number of carboxylic acid groups (broad SMARTS) is 1. The molecule has 1 aromatic heterocycles. The Balaban J connectivity index is 1.29. The number of aromatic carboxylic acids is 1. The number of aromatic nitrogens is 2. The zero-order valence-electron chi connectivity index (χ0n) is 16.8. The molecule has 0 radical (unpaired) electrons. The fourth-order valence-electron chi connectivity index (χ4n) is 4.57. The van der Waals surface area contributed by atoms with Gasteiger partial charge in [-0.05, 0) is 54.9 Å². The Morgan fingerprint density at radius 1 is 1.19 bits per heavy atom. The number of aryl methyl sites for hydroxylation is 1. The first-order chi connectivity index (χ1) is 14.6. The molecule has 2 unspecified atom stereocenters. The van der Waals surface area contributed by atoms with E-state index in [1.807, 2.05) is 0 Å². The molecule has 0 spiro atoms. The van der Waals surface area contributed by atoms with Crippen LogP contribution in [0.1, 0.15) is 40.0 Å². The summed E-state index contributed by atoms with van der Waals surface area (Å²) in [5, 5.41) is 12.7. The molecule has 4 rings (SSSR count). The number of carboxylic acids is 1. The summed E-state index contributed by atoms with van der Waals surface area (Å²) in [4.78, 5) is 25.2. The molecule has 2 aromatic rings. The van der Waals surface area contributed by atoms with Crippen molar-refractivity contribution in [1.29, 1.82) is 0 Å². The average molecular weight is 437 g/mol. The molecule has 31 heavy (non-hydrogen) atoms. The average Bonchev–Trinajstić information content (AvgIpc) is 3.39. The minimum atomic E-state index is -4.36. The molecule has 1 N–H and O–H groups in total. The van der Waals surface area contributed by atoms with E-state index in [1.54, 1.807) is 4.90 Å². The third-order valence-electron chi connectivity index (χ3n) is 6.06. The Hall–Kier alpha value is -2.88. The van der Waals surface area contributed by atoms with E-state index in [4.69, 9.17) is 9.84 Å². The highest BCUT2D eigenvalue weighted by molar-refractivity contribution is 5.86. The van der Waals surface area contributed by atoms with Gasteiger partial charge in [0.25, 0.3) is 0 Å². The van der Waals surface area contributed by atoms with Crippen molar-refractivity contribution in [3.8, 4) is 0 Å².